The Bertz CT molecular complexity index is 453. The maximum atomic E-state index is 11.1. The molecule has 0 aliphatic carbocycles. The van der Waals surface area contributed by atoms with E-state index in [4.69, 9.17) is 5.11 Å². The van der Waals surface area contributed by atoms with Crippen molar-refractivity contribution in [2.75, 3.05) is 5.94 Å². The molecule has 0 fully saturated rings. The van der Waals surface area contributed by atoms with Crippen LogP contribution in [0.2, 0.25) is 0 Å². The van der Waals surface area contributed by atoms with Gasteiger partial charge in [0.15, 0.2) is 0 Å². The van der Waals surface area contributed by atoms with Crippen molar-refractivity contribution in [1.82, 2.24) is 0 Å². The Hall–Kier alpha value is -1.47. The molecule has 76 valence electrons. The highest BCUT2D eigenvalue weighted by atomic mass is 32.2. The highest BCUT2D eigenvalue weighted by molar-refractivity contribution is 7.91. The fourth-order valence-electron chi connectivity index (χ4n) is 0.865. The molecule has 0 saturated carbocycles. The summed E-state index contributed by atoms with van der Waals surface area (Å²) in [6.07, 6.45) is 0. The monoisotopic (exact) mass is 217 g/mol. The summed E-state index contributed by atoms with van der Waals surface area (Å²) in [5.41, 5.74) is -0.320. The third-order valence-corrected chi connectivity index (χ3v) is 2.87. The summed E-state index contributed by atoms with van der Waals surface area (Å²) >= 11 is 0. The molecule has 0 aliphatic rings. The number of nitro groups is 1. The Morgan fingerprint density at radius 1 is 1.43 bits per heavy atom. The standard InChI is InChI=1S/C7H7NO5S/c9-5-14(12,13)7-3-1-2-6(4-7)8(10)11/h1-4,9H,5H2. The van der Waals surface area contributed by atoms with Crippen LogP contribution in [0, 0.1) is 10.1 Å². The van der Waals surface area contributed by atoms with E-state index in [1.54, 1.807) is 0 Å². The van der Waals surface area contributed by atoms with Gasteiger partial charge in [0.05, 0.1) is 9.82 Å². The summed E-state index contributed by atoms with van der Waals surface area (Å²) in [6.45, 7) is 0. The van der Waals surface area contributed by atoms with Crippen LogP contribution in [0.5, 0.6) is 0 Å². The number of rotatable bonds is 3. The summed E-state index contributed by atoms with van der Waals surface area (Å²) in [7, 11) is -3.80. The van der Waals surface area contributed by atoms with E-state index >= 15 is 0 Å². The number of hydrogen-bond acceptors (Lipinski definition) is 5. The van der Waals surface area contributed by atoms with Crippen LogP contribution in [-0.4, -0.2) is 24.4 Å². The second kappa shape index (κ2) is 3.72. The first kappa shape index (κ1) is 10.6. The molecule has 0 heterocycles. The smallest absolute Gasteiger partial charge is 0.270 e. The largest absolute Gasteiger partial charge is 0.380 e. The number of non-ortho nitro benzene ring substituents is 1. The molecule has 6 nitrogen and oxygen atoms in total. The molecule has 0 aliphatic heterocycles. The predicted molar refractivity (Wildman–Crippen MR) is 47.4 cm³/mol. The van der Waals surface area contributed by atoms with Crippen LogP contribution in [0.4, 0.5) is 5.69 Å². The summed E-state index contributed by atoms with van der Waals surface area (Å²) in [6, 6.07) is 4.53. The zero-order valence-corrected chi connectivity index (χ0v) is 7.77. The van der Waals surface area contributed by atoms with Crippen LogP contribution >= 0.6 is 0 Å². The highest BCUT2D eigenvalue weighted by Gasteiger charge is 2.15. The van der Waals surface area contributed by atoms with Crippen LogP contribution in [0.3, 0.4) is 0 Å². The van der Waals surface area contributed by atoms with Gasteiger partial charge in [-0.05, 0) is 6.07 Å². The molecule has 0 saturated heterocycles. The van der Waals surface area contributed by atoms with E-state index in [2.05, 4.69) is 0 Å². The van der Waals surface area contributed by atoms with E-state index in [9.17, 15) is 18.5 Å². The quantitative estimate of drug-likeness (QED) is 0.580. The maximum absolute atomic E-state index is 11.1. The van der Waals surface area contributed by atoms with Crippen molar-refractivity contribution in [2.24, 2.45) is 0 Å². The third-order valence-electron chi connectivity index (χ3n) is 1.56. The van der Waals surface area contributed by atoms with Gasteiger partial charge in [0.25, 0.3) is 5.69 Å². The summed E-state index contributed by atoms with van der Waals surface area (Å²) in [5.74, 6) is -1.06. The predicted octanol–water partition coefficient (Wildman–Crippen LogP) is 0.318. The lowest BCUT2D eigenvalue weighted by molar-refractivity contribution is -0.385. The molecule has 0 amide bonds. The van der Waals surface area contributed by atoms with Crippen LogP contribution in [0.25, 0.3) is 0 Å². The normalized spacial score (nSPS) is 11.2. The molecule has 14 heavy (non-hydrogen) atoms. The molecule has 0 atom stereocenters. The van der Waals surface area contributed by atoms with Gasteiger partial charge in [-0.25, -0.2) is 8.42 Å². The van der Waals surface area contributed by atoms with E-state index in [-0.39, 0.29) is 10.6 Å². The minimum absolute atomic E-state index is 0.255. The van der Waals surface area contributed by atoms with E-state index in [1.165, 1.54) is 18.2 Å². The van der Waals surface area contributed by atoms with E-state index in [1.807, 2.05) is 0 Å². The first-order valence-corrected chi connectivity index (χ1v) is 5.20. The average Bonchev–Trinajstić information content (AvgIpc) is 2.18. The first-order chi connectivity index (χ1) is 6.47. The molecule has 0 unspecified atom stereocenters. The number of sulfone groups is 1. The molecule has 1 aromatic rings. The van der Waals surface area contributed by atoms with Gasteiger partial charge in [-0.15, -0.1) is 0 Å². The van der Waals surface area contributed by atoms with Gasteiger partial charge >= 0.3 is 0 Å². The van der Waals surface area contributed by atoms with Crippen LogP contribution in [0.15, 0.2) is 29.2 Å². The first-order valence-electron chi connectivity index (χ1n) is 3.55. The number of nitrogens with zero attached hydrogens (tertiary/aromatic N) is 1. The minimum atomic E-state index is -3.80. The fraction of sp³-hybridized carbons (Fsp3) is 0.143. The van der Waals surface area contributed by atoms with Crippen molar-refractivity contribution < 1.29 is 18.4 Å². The van der Waals surface area contributed by atoms with Crippen molar-refractivity contribution in [2.45, 2.75) is 4.90 Å². The Balaban J connectivity index is 3.26. The molecule has 1 N–H and O–H groups in total. The topological polar surface area (TPSA) is 97.5 Å². The van der Waals surface area contributed by atoms with Crippen molar-refractivity contribution in [1.29, 1.82) is 0 Å². The van der Waals surface area contributed by atoms with Crippen molar-refractivity contribution >= 4 is 15.5 Å². The zero-order chi connectivity index (χ0) is 10.8. The second-order valence-corrected chi connectivity index (χ2v) is 4.46. The fourth-order valence-corrected chi connectivity index (χ4v) is 1.60. The molecule has 1 aromatic carbocycles. The molecule has 0 aromatic heterocycles. The Morgan fingerprint density at radius 3 is 2.57 bits per heavy atom. The molecule has 0 radical (unpaired) electrons. The van der Waals surface area contributed by atoms with E-state index in [0.717, 1.165) is 6.07 Å². The highest BCUT2D eigenvalue weighted by Crippen LogP contribution is 2.17. The molecular weight excluding hydrogens is 210 g/mol. The lowest BCUT2D eigenvalue weighted by Gasteiger charge is -1.99. The molecule has 7 heteroatoms. The maximum Gasteiger partial charge on any atom is 0.270 e. The SMILES string of the molecule is O=[N+]([O-])c1cccc(S(=O)(=O)CO)c1. The van der Waals surface area contributed by atoms with Gasteiger partial charge in [-0.1, -0.05) is 6.07 Å². The third kappa shape index (κ3) is 2.06. The van der Waals surface area contributed by atoms with Crippen LogP contribution < -0.4 is 0 Å². The Kier molecular flexibility index (Phi) is 2.82. The number of hydrogen-bond donors (Lipinski definition) is 1. The molecular formula is C7H7NO5S. The van der Waals surface area contributed by atoms with E-state index < -0.39 is 20.7 Å². The molecule has 0 bridgehead atoms. The van der Waals surface area contributed by atoms with Gasteiger partial charge < -0.3 is 5.11 Å². The second-order valence-electron chi connectivity index (χ2n) is 2.50. The van der Waals surface area contributed by atoms with Gasteiger partial charge in [-0.3, -0.25) is 10.1 Å². The van der Waals surface area contributed by atoms with Gasteiger partial charge in [0, 0.05) is 12.1 Å². The van der Waals surface area contributed by atoms with Crippen molar-refractivity contribution in [3.05, 3.63) is 34.4 Å². The number of aliphatic hydroxyl groups excluding tert-OH is 1. The van der Waals surface area contributed by atoms with E-state index in [0.29, 0.717) is 0 Å². The van der Waals surface area contributed by atoms with Crippen molar-refractivity contribution in [3.63, 3.8) is 0 Å². The van der Waals surface area contributed by atoms with Gasteiger partial charge in [-0.2, -0.15) is 0 Å². The average molecular weight is 217 g/mol. The number of aliphatic hydroxyl groups is 1. The minimum Gasteiger partial charge on any atom is -0.380 e. The lowest BCUT2D eigenvalue weighted by atomic mass is 10.3. The Labute approximate surface area is 79.9 Å². The van der Waals surface area contributed by atoms with Crippen LogP contribution in [-0.2, 0) is 9.84 Å². The van der Waals surface area contributed by atoms with Crippen LogP contribution in [0.1, 0.15) is 0 Å². The number of benzene rings is 1. The van der Waals surface area contributed by atoms with Gasteiger partial charge in [0.1, 0.15) is 5.94 Å². The Morgan fingerprint density at radius 2 is 2.07 bits per heavy atom. The molecule has 1 rings (SSSR count). The zero-order valence-electron chi connectivity index (χ0n) is 6.95. The summed E-state index contributed by atoms with van der Waals surface area (Å²) in [4.78, 5) is 9.36. The summed E-state index contributed by atoms with van der Waals surface area (Å²) in [5, 5.41) is 18.8. The lowest BCUT2D eigenvalue weighted by Crippen LogP contribution is -2.05. The van der Waals surface area contributed by atoms with Gasteiger partial charge in [0.2, 0.25) is 9.84 Å². The van der Waals surface area contributed by atoms with Crippen molar-refractivity contribution in [3.8, 4) is 0 Å². The summed E-state index contributed by atoms with van der Waals surface area (Å²) < 4.78 is 22.2. The molecule has 0 spiro atoms. The number of nitro benzene ring substituents is 1.